The summed E-state index contributed by atoms with van der Waals surface area (Å²) in [5, 5.41) is 13.9. The number of nitrogens with zero attached hydrogens (tertiary/aromatic N) is 3. The molecule has 0 spiro atoms. The Morgan fingerprint density at radius 1 is 1.47 bits per heavy atom. The van der Waals surface area contributed by atoms with Crippen molar-refractivity contribution in [3.8, 4) is 0 Å². The molecule has 3 heterocycles. The minimum Gasteiger partial charge on any atom is -0.393 e. The summed E-state index contributed by atoms with van der Waals surface area (Å²) in [4.78, 5) is 14.3. The first-order valence-electron chi connectivity index (χ1n) is 6.56. The number of carbonyl (C=O) groups is 1. The third-order valence-corrected chi connectivity index (χ3v) is 3.80. The molecule has 19 heavy (non-hydrogen) atoms. The van der Waals surface area contributed by atoms with Gasteiger partial charge in [0.05, 0.1) is 23.4 Å². The average Bonchev–Trinajstić information content (AvgIpc) is 2.85. The fraction of sp³-hybridized carbons (Fsp3) is 0.429. The molecule has 2 aromatic rings. The van der Waals surface area contributed by atoms with Crippen LogP contribution >= 0.6 is 0 Å². The lowest BCUT2D eigenvalue weighted by Gasteiger charge is -2.34. The molecule has 1 N–H and O–H groups in total. The zero-order chi connectivity index (χ0) is 13.4. The maximum absolute atomic E-state index is 12.5. The van der Waals surface area contributed by atoms with Gasteiger partial charge in [0.25, 0.3) is 5.91 Å². The van der Waals surface area contributed by atoms with Gasteiger partial charge in [-0.05, 0) is 24.5 Å². The molecule has 1 aliphatic rings. The van der Waals surface area contributed by atoms with E-state index in [2.05, 4.69) is 5.10 Å². The van der Waals surface area contributed by atoms with Gasteiger partial charge in [0.15, 0.2) is 0 Å². The van der Waals surface area contributed by atoms with E-state index in [1.165, 1.54) is 0 Å². The van der Waals surface area contributed by atoms with Crippen molar-refractivity contribution < 1.29 is 9.90 Å². The van der Waals surface area contributed by atoms with Crippen LogP contribution in [0.25, 0.3) is 5.52 Å². The summed E-state index contributed by atoms with van der Waals surface area (Å²) < 4.78 is 1.70. The molecule has 1 amide bonds. The molecule has 2 unspecified atom stereocenters. The number of hydrogen-bond donors (Lipinski definition) is 1. The Hall–Kier alpha value is -1.88. The zero-order valence-corrected chi connectivity index (χ0v) is 10.9. The summed E-state index contributed by atoms with van der Waals surface area (Å²) in [6, 6.07) is 5.67. The van der Waals surface area contributed by atoms with Crippen molar-refractivity contribution in [3.05, 3.63) is 36.2 Å². The Kier molecular flexibility index (Phi) is 2.98. The van der Waals surface area contributed by atoms with Gasteiger partial charge in [0.1, 0.15) is 0 Å². The molecule has 1 saturated heterocycles. The summed E-state index contributed by atoms with van der Waals surface area (Å²) in [5.74, 6) is 0.125. The molecule has 2 aromatic heterocycles. The minimum atomic E-state index is -0.298. The largest absolute Gasteiger partial charge is 0.393 e. The SMILES string of the molecule is CC1CN(C(=O)c2cnn3ccccc23)CCC1O. The topological polar surface area (TPSA) is 57.8 Å². The van der Waals surface area contributed by atoms with Gasteiger partial charge in [-0.2, -0.15) is 5.10 Å². The predicted octanol–water partition coefficient (Wildman–Crippen LogP) is 1.18. The number of aromatic nitrogens is 2. The van der Waals surface area contributed by atoms with Crippen molar-refractivity contribution in [2.45, 2.75) is 19.4 Å². The highest BCUT2D eigenvalue weighted by atomic mass is 16.3. The number of piperidine rings is 1. The van der Waals surface area contributed by atoms with Crippen LogP contribution < -0.4 is 0 Å². The molecular formula is C14H17N3O2. The lowest BCUT2D eigenvalue weighted by Crippen LogP contribution is -2.44. The van der Waals surface area contributed by atoms with E-state index in [-0.39, 0.29) is 17.9 Å². The van der Waals surface area contributed by atoms with Gasteiger partial charge in [0.2, 0.25) is 0 Å². The molecule has 1 fully saturated rings. The van der Waals surface area contributed by atoms with E-state index < -0.39 is 0 Å². The number of fused-ring (bicyclic) bond motifs is 1. The normalized spacial score (nSPS) is 23.8. The van der Waals surface area contributed by atoms with Crippen molar-refractivity contribution in [1.29, 1.82) is 0 Å². The summed E-state index contributed by atoms with van der Waals surface area (Å²) in [5.41, 5.74) is 1.45. The van der Waals surface area contributed by atoms with Crippen molar-refractivity contribution in [2.75, 3.05) is 13.1 Å². The molecule has 5 heteroatoms. The Morgan fingerprint density at radius 3 is 3.11 bits per heavy atom. The van der Waals surface area contributed by atoms with Gasteiger partial charge in [-0.1, -0.05) is 13.0 Å². The van der Waals surface area contributed by atoms with Gasteiger partial charge in [-0.3, -0.25) is 4.79 Å². The maximum Gasteiger partial charge on any atom is 0.257 e. The number of rotatable bonds is 1. The smallest absolute Gasteiger partial charge is 0.257 e. The number of aliphatic hydroxyl groups is 1. The first kappa shape index (κ1) is 12.2. The van der Waals surface area contributed by atoms with E-state index in [0.717, 1.165) is 5.52 Å². The Morgan fingerprint density at radius 2 is 2.32 bits per heavy atom. The van der Waals surface area contributed by atoms with Crippen LogP contribution in [-0.2, 0) is 0 Å². The quantitative estimate of drug-likeness (QED) is 0.836. The van der Waals surface area contributed by atoms with Crippen molar-refractivity contribution >= 4 is 11.4 Å². The highest BCUT2D eigenvalue weighted by Crippen LogP contribution is 2.20. The number of hydrogen-bond acceptors (Lipinski definition) is 3. The van der Waals surface area contributed by atoms with Crippen LogP contribution in [0.4, 0.5) is 0 Å². The van der Waals surface area contributed by atoms with Gasteiger partial charge >= 0.3 is 0 Å². The van der Waals surface area contributed by atoms with E-state index in [1.54, 1.807) is 15.6 Å². The lowest BCUT2D eigenvalue weighted by atomic mass is 9.96. The van der Waals surface area contributed by atoms with Crippen LogP contribution in [0.5, 0.6) is 0 Å². The monoisotopic (exact) mass is 259 g/mol. The number of likely N-dealkylation sites (tertiary alicyclic amines) is 1. The van der Waals surface area contributed by atoms with Crippen LogP contribution in [-0.4, -0.2) is 44.7 Å². The summed E-state index contributed by atoms with van der Waals surface area (Å²) in [7, 11) is 0. The van der Waals surface area contributed by atoms with Crippen molar-refractivity contribution in [1.82, 2.24) is 14.5 Å². The fourth-order valence-electron chi connectivity index (χ4n) is 2.59. The second-order valence-electron chi connectivity index (χ2n) is 5.17. The highest BCUT2D eigenvalue weighted by molar-refractivity contribution is 6.00. The molecule has 0 bridgehead atoms. The van der Waals surface area contributed by atoms with Crippen LogP contribution in [0.15, 0.2) is 30.6 Å². The maximum atomic E-state index is 12.5. The lowest BCUT2D eigenvalue weighted by molar-refractivity contribution is 0.0299. The average molecular weight is 259 g/mol. The molecule has 1 aliphatic heterocycles. The molecule has 0 saturated carbocycles. The molecular weight excluding hydrogens is 242 g/mol. The van der Waals surface area contributed by atoms with E-state index in [1.807, 2.05) is 31.3 Å². The molecule has 100 valence electrons. The van der Waals surface area contributed by atoms with E-state index in [4.69, 9.17) is 0 Å². The number of carbonyl (C=O) groups excluding carboxylic acids is 1. The predicted molar refractivity (Wildman–Crippen MR) is 70.9 cm³/mol. The standard InChI is InChI=1S/C14H17N3O2/c1-10-9-16(7-5-13(10)18)14(19)11-8-15-17-6-3-2-4-12(11)17/h2-4,6,8,10,13,18H,5,7,9H2,1H3. The number of aliphatic hydroxyl groups excluding tert-OH is 1. The van der Waals surface area contributed by atoms with Gasteiger partial charge in [-0.25, -0.2) is 4.52 Å². The molecule has 5 nitrogen and oxygen atoms in total. The molecule has 0 radical (unpaired) electrons. The molecule has 3 rings (SSSR count). The Balaban J connectivity index is 1.88. The van der Waals surface area contributed by atoms with Crippen LogP contribution in [0, 0.1) is 5.92 Å². The fourth-order valence-corrected chi connectivity index (χ4v) is 2.59. The van der Waals surface area contributed by atoms with Gasteiger partial charge in [0, 0.05) is 19.3 Å². The summed E-state index contributed by atoms with van der Waals surface area (Å²) in [6.45, 7) is 3.18. The van der Waals surface area contributed by atoms with Crippen LogP contribution in [0.1, 0.15) is 23.7 Å². The molecule has 2 atom stereocenters. The first-order chi connectivity index (χ1) is 9.16. The minimum absolute atomic E-state index is 0.0000463. The number of pyridine rings is 1. The zero-order valence-electron chi connectivity index (χ0n) is 10.9. The second kappa shape index (κ2) is 4.66. The second-order valence-corrected chi connectivity index (χ2v) is 5.17. The molecule has 0 aliphatic carbocycles. The summed E-state index contributed by atoms with van der Waals surface area (Å²) in [6.07, 6.45) is 3.79. The van der Waals surface area contributed by atoms with Gasteiger partial charge in [-0.15, -0.1) is 0 Å². The summed E-state index contributed by atoms with van der Waals surface area (Å²) >= 11 is 0. The van der Waals surface area contributed by atoms with Crippen LogP contribution in [0.3, 0.4) is 0 Å². The van der Waals surface area contributed by atoms with E-state index >= 15 is 0 Å². The number of amides is 1. The first-order valence-corrected chi connectivity index (χ1v) is 6.56. The Bertz CT molecular complexity index is 608. The highest BCUT2D eigenvalue weighted by Gasteiger charge is 2.28. The third-order valence-electron chi connectivity index (χ3n) is 3.80. The van der Waals surface area contributed by atoms with Gasteiger partial charge < -0.3 is 10.0 Å². The molecule has 0 aromatic carbocycles. The Labute approximate surface area is 111 Å². The van der Waals surface area contributed by atoms with E-state index in [9.17, 15) is 9.90 Å². The van der Waals surface area contributed by atoms with Crippen molar-refractivity contribution in [2.24, 2.45) is 5.92 Å². The van der Waals surface area contributed by atoms with Crippen LogP contribution in [0.2, 0.25) is 0 Å². The van der Waals surface area contributed by atoms with Crippen molar-refractivity contribution in [3.63, 3.8) is 0 Å². The van der Waals surface area contributed by atoms with E-state index in [0.29, 0.717) is 25.1 Å². The third kappa shape index (κ3) is 2.10.